The van der Waals surface area contributed by atoms with Gasteiger partial charge in [-0.25, -0.2) is 0 Å². The van der Waals surface area contributed by atoms with Crippen molar-refractivity contribution >= 4 is 23.2 Å². The molecule has 2 aromatic carbocycles. The van der Waals surface area contributed by atoms with Gasteiger partial charge in [-0.2, -0.15) is 0 Å². The quantitative estimate of drug-likeness (QED) is 0.713. The number of halogens is 2. The van der Waals surface area contributed by atoms with Gasteiger partial charge in [0.2, 0.25) is 0 Å². The lowest BCUT2D eigenvalue weighted by Gasteiger charge is -2.13. The summed E-state index contributed by atoms with van der Waals surface area (Å²) in [5.41, 5.74) is 2.05. The van der Waals surface area contributed by atoms with Crippen molar-refractivity contribution in [2.45, 2.75) is 19.6 Å². The molecule has 0 saturated heterocycles. The van der Waals surface area contributed by atoms with E-state index in [0.717, 1.165) is 29.8 Å². The maximum atomic E-state index is 8.80. The molecule has 0 aromatic heterocycles. The van der Waals surface area contributed by atoms with Crippen LogP contribution in [0.3, 0.4) is 0 Å². The van der Waals surface area contributed by atoms with Gasteiger partial charge >= 0.3 is 0 Å². The Morgan fingerprint density at radius 1 is 1.00 bits per heavy atom. The average molecular weight is 340 g/mol. The van der Waals surface area contributed by atoms with Crippen LogP contribution in [0.4, 0.5) is 0 Å². The molecule has 5 heteroatoms. The van der Waals surface area contributed by atoms with Crippen LogP contribution >= 0.6 is 23.2 Å². The highest BCUT2D eigenvalue weighted by Gasteiger charge is 2.05. The van der Waals surface area contributed by atoms with Crippen LogP contribution < -0.4 is 10.1 Å². The van der Waals surface area contributed by atoms with Gasteiger partial charge in [0.05, 0.1) is 0 Å². The number of rotatable bonds is 8. The summed E-state index contributed by atoms with van der Waals surface area (Å²) in [4.78, 5) is 0. The third-order valence-electron chi connectivity index (χ3n) is 3.16. The lowest BCUT2D eigenvalue weighted by Crippen LogP contribution is -2.16. The van der Waals surface area contributed by atoms with E-state index in [2.05, 4.69) is 5.32 Å². The Kier molecular flexibility index (Phi) is 7.00. The standard InChI is InChI=1S/C17H19Cl2NO2/c18-15-4-2-13(3-5-15)12-22-17-7-6-16(19)10-14(17)11-20-8-1-9-21/h2-7,10,20-21H,1,8-9,11-12H2. The number of hydrogen-bond acceptors (Lipinski definition) is 3. The maximum Gasteiger partial charge on any atom is 0.124 e. The molecule has 0 atom stereocenters. The molecule has 0 aliphatic heterocycles. The zero-order chi connectivity index (χ0) is 15.8. The summed E-state index contributed by atoms with van der Waals surface area (Å²) in [7, 11) is 0. The van der Waals surface area contributed by atoms with Crippen LogP contribution in [-0.2, 0) is 13.2 Å². The monoisotopic (exact) mass is 339 g/mol. The molecular weight excluding hydrogens is 321 g/mol. The Morgan fingerprint density at radius 2 is 1.73 bits per heavy atom. The van der Waals surface area contributed by atoms with Crippen molar-refractivity contribution in [2.24, 2.45) is 0 Å². The molecule has 0 unspecified atom stereocenters. The third kappa shape index (κ3) is 5.50. The summed E-state index contributed by atoms with van der Waals surface area (Å²) in [6.45, 7) is 2.06. The molecule has 2 rings (SSSR count). The highest BCUT2D eigenvalue weighted by molar-refractivity contribution is 6.30. The molecule has 118 valence electrons. The van der Waals surface area contributed by atoms with Gasteiger partial charge in [0, 0.05) is 28.8 Å². The molecule has 0 aliphatic carbocycles. The van der Waals surface area contributed by atoms with Gasteiger partial charge in [0.15, 0.2) is 0 Å². The molecule has 0 aliphatic rings. The molecule has 2 N–H and O–H groups in total. The first-order chi connectivity index (χ1) is 10.7. The van der Waals surface area contributed by atoms with Crippen LogP contribution in [0.25, 0.3) is 0 Å². The number of benzene rings is 2. The molecule has 0 heterocycles. The van der Waals surface area contributed by atoms with E-state index < -0.39 is 0 Å². The molecular formula is C17H19Cl2NO2. The van der Waals surface area contributed by atoms with Crippen molar-refractivity contribution in [1.82, 2.24) is 5.32 Å². The van der Waals surface area contributed by atoms with E-state index in [-0.39, 0.29) is 6.61 Å². The molecule has 3 nitrogen and oxygen atoms in total. The van der Waals surface area contributed by atoms with Gasteiger partial charge in [-0.15, -0.1) is 0 Å². The Bertz CT molecular complexity index is 588. The van der Waals surface area contributed by atoms with Gasteiger partial charge in [-0.05, 0) is 48.9 Å². The van der Waals surface area contributed by atoms with Crippen molar-refractivity contribution in [3.8, 4) is 5.75 Å². The van der Waals surface area contributed by atoms with Crippen LogP contribution in [0.15, 0.2) is 42.5 Å². The largest absolute Gasteiger partial charge is 0.489 e. The summed E-state index contributed by atoms with van der Waals surface area (Å²) in [6, 6.07) is 13.2. The first-order valence-electron chi connectivity index (χ1n) is 7.16. The summed E-state index contributed by atoms with van der Waals surface area (Å²) >= 11 is 11.9. The topological polar surface area (TPSA) is 41.5 Å². The summed E-state index contributed by atoms with van der Waals surface area (Å²) < 4.78 is 5.88. The highest BCUT2D eigenvalue weighted by Crippen LogP contribution is 2.24. The van der Waals surface area contributed by atoms with Crippen molar-refractivity contribution in [3.05, 3.63) is 63.6 Å². The zero-order valence-electron chi connectivity index (χ0n) is 12.2. The second-order valence-electron chi connectivity index (χ2n) is 4.92. The maximum absolute atomic E-state index is 8.80. The van der Waals surface area contributed by atoms with Crippen molar-refractivity contribution in [1.29, 1.82) is 0 Å². The fourth-order valence-electron chi connectivity index (χ4n) is 2.00. The van der Waals surface area contributed by atoms with E-state index in [4.69, 9.17) is 33.0 Å². The molecule has 2 aromatic rings. The number of ether oxygens (including phenoxy) is 1. The Labute approximate surface area is 140 Å². The van der Waals surface area contributed by atoms with Crippen LogP contribution in [0.5, 0.6) is 5.75 Å². The van der Waals surface area contributed by atoms with Gasteiger partial charge in [0.1, 0.15) is 12.4 Å². The Morgan fingerprint density at radius 3 is 2.45 bits per heavy atom. The number of hydrogen-bond donors (Lipinski definition) is 2. The number of nitrogens with one attached hydrogen (secondary N) is 1. The van der Waals surface area contributed by atoms with Crippen molar-refractivity contribution in [2.75, 3.05) is 13.2 Å². The van der Waals surface area contributed by atoms with E-state index in [1.807, 2.05) is 42.5 Å². The third-order valence-corrected chi connectivity index (χ3v) is 3.64. The molecule has 0 fully saturated rings. The SMILES string of the molecule is OCCCNCc1cc(Cl)ccc1OCc1ccc(Cl)cc1. The normalized spacial score (nSPS) is 10.7. The Balaban J connectivity index is 1.98. The molecule has 0 saturated carbocycles. The van der Waals surface area contributed by atoms with Gasteiger partial charge in [0.25, 0.3) is 0 Å². The summed E-state index contributed by atoms with van der Waals surface area (Å²) in [5, 5.41) is 13.4. The van der Waals surface area contributed by atoms with E-state index in [0.29, 0.717) is 23.2 Å². The fourth-order valence-corrected chi connectivity index (χ4v) is 2.32. The van der Waals surface area contributed by atoms with Crippen LogP contribution in [0.2, 0.25) is 10.0 Å². The fraction of sp³-hybridized carbons (Fsp3) is 0.294. The minimum absolute atomic E-state index is 0.183. The minimum atomic E-state index is 0.183. The smallest absolute Gasteiger partial charge is 0.124 e. The predicted molar refractivity (Wildman–Crippen MR) is 90.6 cm³/mol. The van der Waals surface area contributed by atoms with E-state index in [9.17, 15) is 0 Å². The lowest BCUT2D eigenvalue weighted by atomic mass is 10.2. The van der Waals surface area contributed by atoms with Gasteiger partial charge in [-0.1, -0.05) is 35.3 Å². The highest BCUT2D eigenvalue weighted by atomic mass is 35.5. The predicted octanol–water partition coefficient (Wildman–Crippen LogP) is 4.04. The van der Waals surface area contributed by atoms with Crippen LogP contribution in [0.1, 0.15) is 17.5 Å². The second-order valence-corrected chi connectivity index (χ2v) is 5.79. The van der Waals surface area contributed by atoms with Crippen molar-refractivity contribution in [3.63, 3.8) is 0 Å². The van der Waals surface area contributed by atoms with E-state index >= 15 is 0 Å². The molecule has 0 amide bonds. The molecule has 0 radical (unpaired) electrons. The van der Waals surface area contributed by atoms with Gasteiger partial charge in [-0.3, -0.25) is 0 Å². The molecule has 0 bridgehead atoms. The number of aliphatic hydroxyl groups is 1. The average Bonchev–Trinajstić information content (AvgIpc) is 2.52. The lowest BCUT2D eigenvalue weighted by molar-refractivity contribution is 0.285. The number of aliphatic hydroxyl groups excluding tert-OH is 1. The molecule has 0 spiro atoms. The van der Waals surface area contributed by atoms with E-state index in [1.54, 1.807) is 0 Å². The van der Waals surface area contributed by atoms with Crippen LogP contribution in [-0.4, -0.2) is 18.3 Å². The minimum Gasteiger partial charge on any atom is -0.489 e. The molecule has 22 heavy (non-hydrogen) atoms. The summed E-state index contributed by atoms with van der Waals surface area (Å²) in [6.07, 6.45) is 0.724. The second kappa shape index (κ2) is 9.01. The van der Waals surface area contributed by atoms with Crippen molar-refractivity contribution < 1.29 is 9.84 Å². The zero-order valence-corrected chi connectivity index (χ0v) is 13.7. The summed E-state index contributed by atoms with van der Waals surface area (Å²) in [5.74, 6) is 0.802. The first-order valence-corrected chi connectivity index (χ1v) is 7.92. The van der Waals surface area contributed by atoms with Gasteiger partial charge < -0.3 is 15.2 Å². The van der Waals surface area contributed by atoms with E-state index in [1.165, 1.54) is 0 Å². The van der Waals surface area contributed by atoms with Crippen LogP contribution in [0, 0.1) is 0 Å². The first kappa shape index (κ1) is 17.1. The Hall–Kier alpha value is -1.26.